The van der Waals surface area contributed by atoms with Crippen LogP contribution in [0, 0.1) is 17.9 Å². The van der Waals surface area contributed by atoms with Gasteiger partial charge in [-0.15, -0.1) is 0 Å². The summed E-state index contributed by atoms with van der Waals surface area (Å²) in [4.78, 5) is 26.0. The predicted octanol–water partition coefficient (Wildman–Crippen LogP) is 12.6. The Bertz CT molecular complexity index is 2460. The highest BCUT2D eigenvalue weighted by Gasteiger charge is 2.56. The number of hydrogen-bond donors (Lipinski definition) is 0. The number of carbonyl (C=O) groups excluding carboxylic acids is 2. The van der Waals surface area contributed by atoms with Crippen LogP contribution in [-0.2, 0) is 16.2 Å². The van der Waals surface area contributed by atoms with Crippen LogP contribution in [0.1, 0.15) is 89.1 Å². The minimum Gasteiger partial charge on any atom is -0.468 e. The average molecular weight is 751 g/mol. The highest BCUT2D eigenvalue weighted by Crippen LogP contribution is 2.63. The lowest BCUT2D eigenvalue weighted by atomic mass is 9.72. The first-order chi connectivity index (χ1) is 27.5. The molecule has 0 aromatic heterocycles. The summed E-state index contributed by atoms with van der Waals surface area (Å²) in [6, 6.07) is 38.7. The number of carbonyl (C=O) groups is 2. The zero-order valence-electron chi connectivity index (χ0n) is 32.0. The molecule has 8 nitrogen and oxygen atoms in total. The number of para-hydroxylation sites is 1. The molecule has 0 saturated heterocycles. The van der Waals surface area contributed by atoms with Crippen molar-refractivity contribution in [2.75, 3.05) is 0 Å². The van der Waals surface area contributed by atoms with Gasteiger partial charge in [-0.2, -0.15) is 5.26 Å². The molecule has 0 heterocycles. The van der Waals surface area contributed by atoms with Gasteiger partial charge in [-0.05, 0) is 143 Å². The second-order valence-electron chi connectivity index (χ2n) is 15.9. The Morgan fingerprint density at radius 3 is 1.37 bits per heavy atom. The third-order valence-electron chi connectivity index (χ3n) is 11.1. The van der Waals surface area contributed by atoms with Crippen LogP contribution in [0.4, 0.5) is 5.69 Å². The first-order valence-electron chi connectivity index (χ1n) is 18.6. The maximum Gasteiger partial charge on any atom is 0.270 e. The van der Waals surface area contributed by atoms with E-state index in [4.69, 9.17) is 25.5 Å². The van der Waals surface area contributed by atoms with Crippen molar-refractivity contribution < 1.29 is 28.5 Å². The summed E-state index contributed by atoms with van der Waals surface area (Å²) in [6.07, 6.45) is 3.27. The normalized spacial score (nSPS) is 16.7. The van der Waals surface area contributed by atoms with Crippen LogP contribution >= 0.6 is 0 Å². The molecule has 8 heteroatoms. The molecule has 0 saturated carbocycles. The minimum atomic E-state index is -0.367. The van der Waals surface area contributed by atoms with Gasteiger partial charge in [-0.3, -0.25) is 9.59 Å². The lowest BCUT2D eigenvalue weighted by Crippen LogP contribution is -2.27. The van der Waals surface area contributed by atoms with Crippen molar-refractivity contribution >= 4 is 18.3 Å². The molecule has 0 N–H and O–H groups in total. The van der Waals surface area contributed by atoms with Crippen molar-refractivity contribution in [1.82, 2.24) is 0 Å². The van der Waals surface area contributed by atoms with Gasteiger partial charge in [0.05, 0.1) is 6.57 Å². The van der Waals surface area contributed by atoms with Gasteiger partial charge in [-0.25, -0.2) is 4.85 Å². The summed E-state index contributed by atoms with van der Waals surface area (Å²) >= 11 is 0. The second-order valence-corrected chi connectivity index (χ2v) is 15.9. The van der Waals surface area contributed by atoms with E-state index in [1.807, 2.05) is 12.1 Å². The summed E-state index contributed by atoms with van der Waals surface area (Å²) in [5.41, 5.74) is 5.71. The summed E-state index contributed by atoms with van der Waals surface area (Å²) in [5.74, 6) is 3.65. The Hall–Kier alpha value is -7.16. The first kappa shape index (κ1) is 36.8. The highest BCUT2D eigenvalue weighted by atomic mass is 16.5. The second kappa shape index (κ2) is 14.2. The molecule has 57 heavy (non-hydrogen) atoms. The molecule has 6 aromatic rings. The van der Waals surface area contributed by atoms with Crippen LogP contribution in [0.3, 0.4) is 0 Å². The van der Waals surface area contributed by atoms with Gasteiger partial charge in [0.25, 0.3) is 5.69 Å². The van der Waals surface area contributed by atoms with Crippen LogP contribution in [-0.4, -0.2) is 12.6 Å². The molecule has 0 amide bonds. The summed E-state index contributed by atoms with van der Waals surface area (Å²) in [5, 5.41) is 10.3. The largest absolute Gasteiger partial charge is 0.468 e. The van der Waals surface area contributed by atoms with Crippen molar-refractivity contribution in [1.29, 1.82) is 5.26 Å². The van der Waals surface area contributed by atoms with E-state index in [1.54, 1.807) is 84.9 Å². The summed E-state index contributed by atoms with van der Waals surface area (Å²) in [6.45, 7) is 17.1. The Morgan fingerprint density at radius 2 is 0.947 bits per heavy atom. The number of fused-ring (bicyclic) bond motifs is 4. The molecule has 0 fully saturated rings. The maximum atomic E-state index is 11.1. The summed E-state index contributed by atoms with van der Waals surface area (Å²) in [7, 11) is 0. The third kappa shape index (κ3) is 6.66. The minimum absolute atomic E-state index is 0.152. The number of rotatable bonds is 10. The van der Waals surface area contributed by atoms with E-state index in [2.05, 4.69) is 62.9 Å². The number of hydrogen-bond acceptors (Lipinski definition) is 7. The van der Waals surface area contributed by atoms with E-state index in [1.165, 1.54) is 22.3 Å². The van der Waals surface area contributed by atoms with Crippen molar-refractivity contribution in [3.63, 3.8) is 0 Å². The van der Waals surface area contributed by atoms with Gasteiger partial charge in [0, 0.05) is 16.5 Å². The average Bonchev–Trinajstić information content (AvgIpc) is 3.57. The number of benzene rings is 6. The fourth-order valence-corrected chi connectivity index (χ4v) is 8.74. The molecule has 8 rings (SSSR count). The van der Waals surface area contributed by atoms with Gasteiger partial charge in [0.1, 0.15) is 70.2 Å². The van der Waals surface area contributed by atoms with E-state index in [-0.39, 0.29) is 27.5 Å². The van der Waals surface area contributed by atoms with E-state index in [9.17, 15) is 14.9 Å². The molecule has 2 aliphatic carbocycles. The molecule has 2 aliphatic rings. The lowest BCUT2D eigenvalue weighted by molar-refractivity contribution is 0.111. The molecular formula is C49H38N2O6. The summed E-state index contributed by atoms with van der Waals surface area (Å²) < 4.78 is 25.2. The number of aldehydes is 2. The fourth-order valence-electron chi connectivity index (χ4n) is 8.74. The Kier molecular flexibility index (Phi) is 9.14. The number of ether oxygens (including phenoxy) is 4. The third-order valence-corrected chi connectivity index (χ3v) is 11.1. The van der Waals surface area contributed by atoms with Crippen molar-refractivity contribution in [3.05, 3.63) is 172 Å². The Balaban J connectivity index is 1.14. The Morgan fingerprint density at radius 1 is 0.561 bits per heavy atom. The topological polar surface area (TPSA) is 99.2 Å². The fraction of sp³-hybridized carbons (Fsp3) is 0.184. The maximum absolute atomic E-state index is 11.1. The van der Waals surface area contributed by atoms with E-state index >= 15 is 0 Å². The molecule has 0 radical (unpaired) electrons. The van der Waals surface area contributed by atoms with Crippen LogP contribution < -0.4 is 18.9 Å². The molecule has 1 unspecified atom stereocenters. The van der Waals surface area contributed by atoms with Gasteiger partial charge < -0.3 is 18.9 Å². The molecule has 0 aliphatic heterocycles. The number of nitriles is 1. The molecular weight excluding hydrogens is 713 g/mol. The molecule has 0 bridgehead atoms. The molecule has 280 valence electrons. The smallest absolute Gasteiger partial charge is 0.270 e. The SMILES string of the molecule is [C-]#[N+]c1c(Oc2ccc(C=O)cc2)cccc1Oc1ccc2c(c1)C1(CC(C)(C)c3ccc(Oc4cccc(Oc5ccc(C=O)cc5)c4C#N)cc31)CC2(C)C. The van der Waals surface area contributed by atoms with Gasteiger partial charge in [0.15, 0.2) is 0 Å². The van der Waals surface area contributed by atoms with Crippen LogP contribution in [0.5, 0.6) is 46.0 Å². The van der Waals surface area contributed by atoms with Crippen LogP contribution in [0.25, 0.3) is 4.85 Å². The van der Waals surface area contributed by atoms with Gasteiger partial charge in [0.2, 0.25) is 0 Å². The Labute approximate surface area is 331 Å². The quantitative estimate of drug-likeness (QED) is 0.101. The predicted molar refractivity (Wildman–Crippen MR) is 217 cm³/mol. The highest BCUT2D eigenvalue weighted by molar-refractivity contribution is 5.76. The van der Waals surface area contributed by atoms with Gasteiger partial charge in [-0.1, -0.05) is 52.0 Å². The molecule has 6 aromatic carbocycles. The lowest BCUT2D eigenvalue weighted by Gasteiger charge is -2.30. The zero-order chi connectivity index (χ0) is 40.0. The van der Waals surface area contributed by atoms with Crippen molar-refractivity contribution in [2.24, 2.45) is 0 Å². The van der Waals surface area contributed by atoms with Gasteiger partial charge >= 0.3 is 0 Å². The van der Waals surface area contributed by atoms with Crippen molar-refractivity contribution in [2.45, 2.75) is 56.8 Å². The van der Waals surface area contributed by atoms with Crippen LogP contribution in [0.2, 0.25) is 0 Å². The van der Waals surface area contributed by atoms with E-state index in [0.717, 1.165) is 25.4 Å². The van der Waals surface area contributed by atoms with E-state index in [0.29, 0.717) is 57.1 Å². The molecule has 1 atom stereocenters. The standard InChI is InChI=1S/C49H38N2O6/c1-47(2)29-49(40-24-35(20-22-38(40)47)56-43-9-6-8-42(37(43)26-50)54-33-16-12-31(27-52)13-17-33)30-48(3,4)39-23-21-36(25-41(39)49)57-45-11-7-10-44(46(45)51-5)55-34-18-14-32(28-53)15-19-34/h6-25,27-28H,29-30H2,1-4H3. The first-order valence-corrected chi connectivity index (χ1v) is 18.6. The molecule has 1 spiro atoms. The zero-order valence-corrected chi connectivity index (χ0v) is 32.0. The monoisotopic (exact) mass is 750 g/mol. The van der Waals surface area contributed by atoms with Crippen molar-refractivity contribution in [3.8, 4) is 52.1 Å². The van der Waals surface area contributed by atoms with E-state index < -0.39 is 0 Å². The van der Waals surface area contributed by atoms with Crippen LogP contribution in [0.15, 0.2) is 121 Å². The number of nitrogens with zero attached hydrogens (tertiary/aromatic N) is 2.